The van der Waals surface area contributed by atoms with Gasteiger partial charge in [-0.05, 0) is 31.9 Å². The minimum absolute atomic E-state index is 0.607. The van der Waals surface area contributed by atoms with Gasteiger partial charge in [-0.25, -0.2) is 4.39 Å². The molecule has 0 amide bonds. The molecule has 76 valence electrons. The first-order chi connectivity index (χ1) is 6.75. The Morgan fingerprint density at radius 1 is 1.36 bits per heavy atom. The van der Waals surface area contributed by atoms with E-state index in [1.807, 2.05) is 19.2 Å². The third-order valence-electron chi connectivity index (χ3n) is 2.69. The second-order valence-electron chi connectivity index (χ2n) is 3.82. The molecular formula is C11H15FN2. The van der Waals surface area contributed by atoms with E-state index < -0.39 is 6.17 Å². The van der Waals surface area contributed by atoms with Crippen LogP contribution in [0.2, 0.25) is 0 Å². The number of aryl methyl sites for hydroxylation is 1. The number of aromatic nitrogens is 1. The van der Waals surface area contributed by atoms with Crippen LogP contribution in [0.3, 0.4) is 0 Å². The Morgan fingerprint density at radius 3 is 2.64 bits per heavy atom. The number of anilines is 1. The van der Waals surface area contributed by atoms with Crippen LogP contribution in [-0.2, 0) is 0 Å². The highest BCUT2D eigenvalue weighted by Crippen LogP contribution is 2.20. The van der Waals surface area contributed by atoms with Gasteiger partial charge >= 0.3 is 0 Å². The molecule has 0 aromatic carbocycles. The third-order valence-corrected chi connectivity index (χ3v) is 2.69. The zero-order chi connectivity index (χ0) is 9.97. The molecule has 0 spiro atoms. The van der Waals surface area contributed by atoms with Crippen molar-refractivity contribution in [3.05, 3.63) is 24.0 Å². The largest absolute Gasteiger partial charge is 0.370 e. The van der Waals surface area contributed by atoms with Gasteiger partial charge in [-0.15, -0.1) is 0 Å². The maximum absolute atomic E-state index is 12.9. The standard InChI is InChI=1S/C11H15FN2/c1-9-2-3-11(8-13-9)14-6-4-10(12)5-7-14/h2-3,8,10H,4-7H2,1H3. The summed E-state index contributed by atoms with van der Waals surface area (Å²) in [5.41, 5.74) is 2.14. The Balaban J connectivity index is 2.05. The molecule has 1 aliphatic rings. The second-order valence-corrected chi connectivity index (χ2v) is 3.82. The molecule has 0 N–H and O–H groups in total. The lowest BCUT2D eigenvalue weighted by Gasteiger charge is -2.30. The van der Waals surface area contributed by atoms with Gasteiger partial charge in [-0.2, -0.15) is 0 Å². The van der Waals surface area contributed by atoms with Crippen molar-refractivity contribution in [2.24, 2.45) is 0 Å². The average molecular weight is 194 g/mol. The molecule has 0 bridgehead atoms. The van der Waals surface area contributed by atoms with Crippen LogP contribution >= 0.6 is 0 Å². The zero-order valence-corrected chi connectivity index (χ0v) is 8.41. The van der Waals surface area contributed by atoms with Crippen LogP contribution in [0.25, 0.3) is 0 Å². The van der Waals surface area contributed by atoms with E-state index in [2.05, 4.69) is 16.0 Å². The van der Waals surface area contributed by atoms with E-state index >= 15 is 0 Å². The Hall–Kier alpha value is -1.12. The highest BCUT2D eigenvalue weighted by molar-refractivity contribution is 5.44. The first kappa shape index (κ1) is 9.44. The normalized spacial score (nSPS) is 18.6. The van der Waals surface area contributed by atoms with Crippen LogP contribution in [0.15, 0.2) is 18.3 Å². The molecule has 0 unspecified atom stereocenters. The van der Waals surface area contributed by atoms with Gasteiger partial charge < -0.3 is 4.90 Å². The summed E-state index contributed by atoms with van der Waals surface area (Å²) < 4.78 is 12.9. The van der Waals surface area contributed by atoms with Crippen molar-refractivity contribution in [2.45, 2.75) is 25.9 Å². The average Bonchev–Trinajstić information content (AvgIpc) is 2.21. The van der Waals surface area contributed by atoms with E-state index in [0.29, 0.717) is 12.8 Å². The quantitative estimate of drug-likeness (QED) is 0.682. The SMILES string of the molecule is Cc1ccc(N2CCC(F)CC2)cn1. The fraction of sp³-hybridized carbons (Fsp3) is 0.545. The van der Waals surface area contributed by atoms with E-state index in [0.717, 1.165) is 24.5 Å². The number of halogens is 1. The monoisotopic (exact) mass is 194 g/mol. The highest BCUT2D eigenvalue weighted by Gasteiger charge is 2.18. The Labute approximate surface area is 83.8 Å². The van der Waals surface area contributed by atoms with Gasteiger partial charge in [0.1, 0.15) is 6.17 Å². The van der Waals surface area contributed by atoms with E-state index in [-0.39, 0.29) is 0 Å². The number of piperidine rings is 1. The van der Waals surface area contributed by atoms with Crippen molar-refractivity contribution in [1.29, 1.82) is 0 Å². The van der Waals surface area contributed by atoms with Crippen LogP contribution in [-0.4, -0.2) is 24.2 Å². The molecule has 2 heterocycles. The molecule has 3 heteroatoms. The number of nitrogens with zero attached hydrogens (tertiary/aromatic N) is 2. The lowest BCUT2D eigenvalue weighted by molar-refractivity contribution is 0.277. The molecule has 0 saturated carbocycles. The topological polar surface area (TPSA) is 16.1 Å². The summed E-state index contributed by atoms with van der Waals surface area (Å²) in [4.78, 5) is 6.43. The molecule has 0 aliphatic carbocycles. The fourth-order valence-electron chi connectivity index (χ4n) is 1.75. The number of alkyl halides is 1. The lowest BCUT2D eigenvalue weighted by Crippen LogP contribution is -2.34. The number of hydrogen-bond donors (Lipinski definition) is 0. The van der Waals surface area contributed by atoms with Gasteiger partial charge in [0, 0.05) is 18.8 Å². The molecule has 1 aromatic heterocycles. The Bertz CT molecular complexity index is 289. The lowest BCUT2D eigenvalue weighted by atomic mass is 10.1. The molecule has 2 rings (SSSR count). The molecule has 0 atom stereocenters. The third kappa shape index (κ3) is 2.03. The van der Waals surface area contributed by atoms with Gasteiger partial charge in [-0.1, -0.05) is 0 Å². The molecule has 1 aromatic rings. The van der Waals surface area contributed by atoms with Crippen LogP contribution in [0.4, 0.5) is 10.1 Å². The van der Waals surface area contributed by atoms with Gasteiger partial charge in [-0.3, -0.25) is 4.98 Å². The van der Waals surface area contributed by atoms with Crippen molar-refractivity contribution in [1.82, 2.24) is 4.98 Å². The van der Waals surface area contributed by atoms with E-state index in [1.165, 1.54) is 0 Å². The predicted octanol–water partition coefficient (Wildman–Crippen LogP) is 2.33. The minimum Gasteiger partial charge on any atom is -0.370 e. The molecule has 1 saturated heterocycles. The summed E-state index contributed by atoms with van der Waals surface area (Å²) in [5, 5.41) is 0. The van der Waals surface area contributed by atoms with Crippen molar-refractivity contribution in [3.63, 3.8) is 0 Å². The highest BCUT2D eigenvalue weighted by atomic mass is 19.1. The second kappa shape index (κ2) is 3.95. The van der Waals surface area contributed by atoms with Crippen LogP contribution in [0, 0.1) is 6.92 Å². The van der Waals surface area contributed by atoms with Crippen molar-refractivity contribution in [2.75, 3.05) is 18.0 Å². The Morgan fingerprint density at radius 2 is 2.07 bits per heavy atom. The number of pyridine rings is 1. The van der Waals surface area contributed by atoms with Gasteiger partial charge in [0.2, 0.25) is 0 Å². The van der Waals surface area contributed by atoms with Crippen molar-refractivity contribution >= 4 is 5.69 Å². The van der Waals surface area contributed by atoms with Crippen molar-refractivity contribution in [3.8, 4) is 0 Å². The van der Waals surface area contributed by atoms with E-state index in [1.54, 1.807) is 0 Å². The molecule has 2 nitrogen and oxygen atoms in total. The smallest absolute Gasteiger partial charge is 0.103 e. The van der Waals surface area contributed by atoms with E-state index in [4.69, 9.17) is 0 Å². The number of rotatable bonds is 1. The van der Waals surface area contributed by atoms with Crippen molar-refractivity contribution < 1.29 is 4.39 Å². The van der Waals surface area contributed by atoms with Crippen LogP contribution in [0.1, 0.15) is 18.5 Å². The Kier molecular flexibility index (Phi) is 2.66. The first-order valence-corrected chi connectivity index (χ1v) is 5.07. The summed E-state index contributed by atoms with van der Waals surface area (Å²) in [6.45, 7) is 3.59. The summed E-state index contributed by atoms with van der Waals surface area (Å²) >= 11 is 0. The van der Waals surface area contributed by atoms with Gasteiger partial charge in [0.05, 0.1) is 11.9 Å². The molecule has 1 fully saturated rings. The molecular weight excluding hydrogens is 179 g/mol. The maximum Gasteiger partial charge on any atom is 0.103 e. The molecule has 14 heavy (non-hydrogen) atoms. The van der Waals surface area contributed by atoms with Gasteiger partial charge in [0.25, 0.3) is 0 Å². The van der Waals surface area contributed by atoms with Gasteiger partial charge in [0.15, 0.2) is 0 Å². The summed E-state index contributed by atoms with van der Waals surface area (Å²) in [6.07, 6.45) is 2.56. The molecule has 1 aliphatic heterocycles. The minimum atomic E-state index is -0.607. The summed E-state index contributed by atoms with van der Waals surface area (Å²) in [7, 11) is 0. The van der Waals surface area contributed by atoms with Crippen LogP contribution in [0.5, 0.6) is 0 Å². The van der Waals surface area contributed by atoms with Crippen LogP contribution < -0.4 is 4.90 Å². The summed E-state index contributed by atoms with van der Waals surface area (Å²) in [5.74, 6) is 0. The van der Waals surface area contributed by atoms with E-state index in [9.17, 15) is 4.39 Å². The molecule has 0 radical (unpaired) electrons. The fourth-order valence-corrected chi connectivity index (χ4v) is 1.75. The zero-order valence-electron chi connectivity index (χ0n) is 8.41. The number of hydrogen-bond acceptors (Lipinski definition) is 2. The summed E-state index contributed by atoms with van der Waals surface area (Å²) in [6, 6.07) is 4.05. The predicted molar refractivity (Wildman–Crippen MR) is 55.3 cm³/mol. The maximum atomic E-state index is 12.9. The first-order valence-electron chi connectivity index (χ1n) is 5.07.